The molecule has 9 heteroatoms. The van der Waals surface area contributed by atoms with Crippen LogP contribution in [0.2, 0.25) is 0 Å². The highest BCUT2D eigenvalue weighted by molar-refractivity contribution is 6.25. The summed E-state index contributed by atoms with van der Waals surface area (Å²) in [6.45, 7) is 1.58. The van der Waals surface area contributed by atoms with Gasteiger partial charge in [-0.05, 0) is 56.0 Å². The van der Waals surface area contributed by atoms with Gasteiger partial charge in [-0.25, -0.2) is 4.79 Å². The predicted molar refractivity (Wildman–Crippen MR) is 142 cm³/mol. The van der Waals surface area contributed by atoms with Crippen LogP contribution in [0.5, 0.6) is 11.5 Å². The number of imide groups is 1. The maximum Gasteiger partial charge on any atom is 0.335 e. The fourth-order valence-corrected chi connectivity index (χ4v) is 6.71. The molecule has 0 bridgehead atoms. The van der Waals surface area contributed by atoms with E-state index in [0.717, 1.165) is 10.5 Å². The molecule has 202 valence electrons. The second-order valence-corrected chi connectivity index (χ2v) is 10.5. The molecule has 6 rings (SSSR count). The van der Waals surface area contributed by atoms with Gasteiger partial charge in [0.1, 0.15) is 11.5 Å². The Morgan fingerprint density at radius 3 is 2.52 bits per heavy atom. The zero-order valence-corrected chi connectivity index (χ0v) is 21.7. The van der Waals surface area contributed by atoms with Gasteiger partial charge in [-0.3, -0.25) is 24.1 Å². The van der Waals surface area contributed by atoms with Gasteiger partial charge in [0.25, 0.3) is 0 Å². The molecule has 0 aromatic heterocycles. The number of ketones is 2. The molecule has 1 aliphatic heterocycles. The summed E-state index contributed by atoms with van der Waals surface area (Å²) in [5.74, 6) is -5.08. The first-order valence-electron chi connectivity index (χ1n) is 12.9. The van der Waals surface area contributed by atoms with Gasteiger partial charge < -0.3 is 14.9 Å². The van der Waals surface area contributed by atoms with Gasteiger partial charge in [0.2, 0.25) is 11.8 Å². The van der Waals surface area contributed by atoms with Crippen molar-refractivity contribution in [3.05, 3.63) is 88.0 Å². The Hall–Kier alpha value is -4.79. The Morgan fingerprint density at radius 1 is 1.02 bits per heavy atom. The second kappa shape index (κ2) is 9.15. The van der Waals surface area contributed by atoms with E-state index in [9.17, 15) is 34.2 Å². The molecular formula is C31H25NO8. The lowest BCUT2D eigenvalue weighted by molar-refractivity contribution is -0.123. The predicted octanol–water partition coefficient (Wildman–Crippen LogP) is 3.73. The summed E-state index contributed by atoms with van der Waals surface area (Å²) >= 11 is 0. The SMILES string of the molecule is COc1cc(O)ccc1C1C2=CCC3C(=O)N(c4cccc(C(=O)O)c4)C(=O)C3C2CC2=C1C(=O)C=C(C)C2=O. The van der Waals surface area contributed by atoms with Crippen molar-refractivity contribution in [1.82, 2.24) is 0 Å². The number of carboxylic acid groups (broad SMARTS) is 1. The number of aromatic hydroxyl groups is 1. The lowest BCUT2D eigenvalue weighted by atomic mass is 9.59. The number of benzene rings is 2. The van der Waals surface area contributed by atoms with Gasteiger partial charge in [0.05, 0.1) is 30.2 Å². The first-order chi connectivity index (χ1) is 19.1. The number of hydrogen-bond donors (Lipinski definition) is 2. The van der Waals surface area contributed by atoms with Crippen molar-refractivity contribution in [3.8, 4) is 11.5 Å². The molecule has 1 saturated heterocycles. The molecular weight excluding hydrogens is 514 g/mol. The molecule has 3 aliphatic carbocycles. The summed E-state index contributed by atoms with van der Waals surface area (Å²) in [5, 5.41) is 19.5. The number of nitrogens with zero attached hydrogens (tertiary/aromatic N) is 1. The number of carboxylic acids is 1. The van der Waals surface area contributed by atoms with Gasteiger partial charge in [0.15, 0.2) is 11.6 Å². The van der Waals surface area contributed by atoms with Gasteiger partial charge in [-0.1, -0.05) is 23.8 Å². The third kappa shape index (κ3) is 3.65. The number of fused-ring (bicyclic) bond motifs is 3. The van der Waals surface area contributed by atoms with Crippen LogP contribution < -0.4 is 9.64 Å². The first kappa shape index (κ1) is 25.5. The summed E-state index contributed by atoms with van der Waals surface area (Å²) < 4.78 is 5.55. The van der Waals surface area contributed by atoms with E-state index in [2.05, 4.69) is 0 Å². The van der Waals surface area contributed by atoms with E-state index in [1.165, 1.54) is 49.6 Å². The summed E-state index contributed by atoms with van der Waals surface area (Å²) in [4.78, 5) is 66.9. The maximum absolute atomic E-state index is 14.0. The molecule has 9 nitrogen and oxygen atoms in total. The first-order valence-corrected chi connectivity index (χ1v) is 12.9. The van der Waals surface area contributed by atoms with E-state index in [4.69, 9.17) is 4.74 Å². The summed E-state index contributed by atoms with van der Waals surface area (Å²) in [7, 11) is 1.44. The molecule has 2 N–H and O–H groups in total. The van der Waals surface area contributed by atoms with Crippen LogP contribution in [0.15, 0.2) is 76.9 Å². The smallest absolute Gasteiger partial charge is 0.335 e. The number of Topliss-reactive ketones (excluding diaryl/α,β-unsaturated/α-hetero) is 1. The molecule has 4 aliphatic rings. The molecule has 0 saturated carbocycles. The lowest BCUT2D eigenvalue weighted by Gasteiger charge is -2.42. The quantitative estimate of drug-likeness (QED) is 0.341. The zero-order chi connectivity index (χ0) is 28.5. The third-order valence-corrected chi connectivity index (χ3v) is 8.44. The normalized spacial score (nSPS) is 25.7. The molecule has 4 atom stereocenters. The molecule has 40 heavy (non-hydrogen) atoms. The van der Waals surface area contributed by atoms with E-state index in [0.29, 0.717) is 28.0 Å². The average molecular weight is 540 g/mol. The topological polar surface area (TPSA) is 138 Å². The van der Waals surface area contributed by atoms with Crippen LogP contribution in [0.1, 0.15) is 41.6 Å². The fourth-order valence-electron chi connectivity index (χ4n) is 6.71. The lowest BCUT2D eigenvalue weighted by Crippen LogP contribution is -2.39. The fraction of sp³-hybridized carbons (Fsp3) is 0.258. The van der Waals surface area contributed by atoms with Crippen LogP contribution in [0, 0.1) is 17.8 Å². The van der Waals surface area contributed by atoms with Gasteiger partial charge in [0, 0.05) is 34.3 Å². The molecule has 4 unspecified atom stereocenters. The Labute approximate surface area is 229 Å². The number of ether oxygens (including phenoxy) is 1. The van der Waals surface area contributed by atoms with Crippen molar-refractivity contribution in [2.75, 3.05) is 12.0 Å². The Morgan fingerprint density at radius 2 is 1.80 bits per heavy atom. The van der Waals surface area contributed by atoms with Gasteiger partial charge >= 0.3 is 5.97 Å². The molecule has 2 aromatic carbocycles. The minimum atomic E-state index is -1.18. The number of rotatable bonds is 4. The summed E-state index contributed by atoms with van der Waals surface area (Å²) in [5.41, 5.74) is 2.40. The minimum Gasteiger partial charge on any atom is -0.508 e. The Kier molecular flexibility index (Phi) is 5.83. The Balaban J connectivity index is 1.49. The van der Waals surface area contributed by atoms with Crippen molar-refractivity contribution in [3.63, 3.8) is 0 Å². The van der Waals surface area contributed by atoms with Crippen molar-refractivity contribution >= 4 is 35.0 Å². The van der Waals surface area contributed by atoms with E-state index < -0.39 is 41.5 Å². The standard InChI is InChI=1S/C31H25NO8/c1-14-10-23(34)27-22(28(14)35)13-21-18(25(27)19-7-6-17(33)12-24(19)40-2)8-9-20-26(21)30(37)32(29(20)36)16-5-3-4-15(11-16)31(38)39/h3-8,10-12,20-21,25-26,33H,9,13H2,1-2H3,(H,38,39). The summed E-state index contributed by atoms with van der Waals surface area (Å²) in [6.07, 6.45) is 3.58. The number of amides is 2. The number of carbonyl (C=O) groups excluding carboxylic acids is 4. The zero-order valence-electron chi connectivity index (χ0n) is 21.7. The van der Waals surface area contributed by atoms with Crippen LogP contribution in [0.3, 0.4) is 0 Å². The van der Waals surface area contributed by atoms with Crippen molar-refractivity contribution in [2.24, 2.45) is 17.8 Å². The van der Waals surface area contributed by atoms with Crippen LogP contribution in [-0.4, -0.2) is 46.7 Å². The molecule has 0 spiro atoms. The molecule has 2 amide bonds. The van der Waals surface area contributed by atoms with Crippen molar-refractivity contribution in [1.29, 1.82) is 0 Å². The average Bonchev–Trinajstić information content (AvgIpc) is 3.20. The van der Waals surface area contributed by atoms with Crippen LogP contribution in [0.4, 0.5) is 5.69 Å². The number of carbonyl (C=O) groups is 5. The number of phenolic OH excluding ortho intramolecular Hbond substituents is 1. The highest BCUT2D eigenvalue weighted by Gasteiger charge is 2.56. The largest absolute Gasteiger partial charge is 0.508 e. The maximum atomic E-state index is 14.0. The number of methoxy groups -OCH3 is 1. The van der Waals surface area contributed by atoms with Crippen molar-refractivity contribution < 1.29 is 38.9 Å². The number of aromatic carboxylic acids is 1. The number of phenols is 1. The summed E-state index contributed by atoms with van der Waals surface area (Å²) in [6, 6.07) is 10.2. The minimum absolute atomic E-state index is 0.0301. The van der Waals surface area contributed by atoms with Gasteiger partial charge in [-0.2, -0.15) is 0 Å². The molecule has 0 radical (unpaired) electrons. The highest BCUT2D eigenvalue weighted by atomic mass is 16.5. The van der Waals surface area contributed by atoms with E-state index in [1.54, 1.807) is 13.0 Å². The third-order valence-electron chi connectivity index (χ3n) is 8.44. The number of allylic oxidation sites excluding steroid dienone is 6. The van der Waals surface area contributed by atoms with Crippen LogP contribution in [-0.2, 0) is 19.2 Å². The molecule has 1 fully saturated rings. The van der Waals surface area contributed by atoms with E-state index in [-0.39, 0.29) is 41.4 Å². The van der Waals surface area contributed by atoms with Crippen LogP contribution >= 0.6 is 0 Å². The Bertz CT molecular complexity index is 1640. The molecule has 2 aromatic rings. The number of anilines is 1. The monoisotopic (exact) mass is 539 g/mol. The van der Waals surface area contributed by atoms with E-state index >= 15 is 0 Å². The van der Waals surface area contributed by atoms with E-state index in [1.807, 2.05) is 6.08 Å². The molecule has 1 heterocycles. The van der Waals surface area contributed by atoms with Gasteiger partial charge in [-0.15, -0.1) is 0 Å². The van der Waals surface area contributed by atoms with Crippen molar-refractivity contribution in [2.45, 2.75) is 25.7 Å². The number of hydrogen-bond acceptors (Lipinski definition) is 7. The van der Waals surface area contributed by atoms with Crippen LogP contribution in [0.25, 0.3) is 0 Å². The highest BCUT2D eigenvalue weighted by Crippen LogP contribution is 2.56. The second-order valence-electron chi connectivity index (χ2n) is 10.5.